The van der Waals surface area contributed by atoms with E-state index in [0.717, 1.165) is 6.20 Å². The van der Waals surface area contributed by atoms with Gasteiger partial charge in [-0.15, -0.1) is 0 Å². The van der Waals surface area contributed by atoms with Crippen LogP contribution in [0.2, 0.25) is 0 Å². The largest absolute Gasteiger partial charge is 0.386 e. The minimum Gasteiger partial charge on any atom is -0.386 e. The Balaban J connectivity index is 0.000000237. The summed E-state index contributed by atoms with van der Waals surface area (Å²) in [5, 5.41) is 5.44. The van der Waals surface area contributed by atoms with Crippen molar-refractivity contribution in [1.82, 2.24) is 15.3 Å². The van der Waals surface area contributed by atoms with E-state index in [-0.39, 0.29) is 11.5 Å². The van der Waals surface area contributed by atoms with E-state index >= 15 is 0 Å². The first-order valence-corrected chi connectivity index (χ1v) is 10.3. The van der Waals surface area contributed by atoms with Crippen LogP contribution in [0.5, 0.6) is 0 Å². The van der Waals surface area contributed by atoms with Gasteiger partial charge in [0.15, 0.2) is 5.69 Å². The zero-order valence-electron chi connectivity index (χ0n) is 14.8. The molecule has 28 heavy (non-hydrogen) atoms. The predicted octanol–water partition coefficient (Wildman–Crippen LogP) is 0.939. The first-order valence-electron chi connectivity index (χ1n) is 7.97. The molecule has 9 nitrogen and oxygen atoms in total. The lowest BCUT2D eigenvalue weighted by molar-refractivity contribution is 0.102. The van der Waals surface area contributed by atoms with Gasteiger partial charge in [-0.2, -0.15) is 0 Å². The molecular weight excluding hydrogens is 391 g/mol. The maximum atomic E-state index is 12.7. The molecule has 1 aliphatic heterocycles. The quantitative estimate of drug-likeness (QED) is 0.474. The molecule has 1 aromatic carbocycles. The standard InChI is InChI=1S/C11H9FN4O2.C5H11FN3P/c12-6-1-3-7(4-2-6)15-11(18)9-10(13)16-8(17)5-14-9;1-10(3-6)4-8-2-5(7)9-10/h1-5H,(H,15,18)(H3,13,16,17);8H,1-4H2,(H2,7,9). The zero-order valence-corrected chi connectivity index (χ0v) is 15.7. The molecule has 0 saturated heterocycles. The van der Waals surface area contributed by atoms with E-state index in [0.29, 0.717) is 24.4 Å². The number of hydrogen-bond acceptors (Lipinski definition) is 7. The third kappa shape index (κ3) is 6.00. The van der Waals surface area contributed by atoms with E-state index in [4.69, 9.17) is 11.5 Å². The highest BCUT2D eigenvalue weighted by Crippen LogP contribution is 2.46. The fourth-order valence-electron chi connectivity index (χ4n) is 2.13. The van der Waals surface area contributed by atoms with Gasteiger partial charge >= 0.3 is 0 Å². The number of amides is 1. The Morgan fingerprint density at radius 3 is 2.54 bits per heavy atom. The maximum Gasteiger partial charge on any atom is 0.278 e. The van der Waals surface area contributed by atoms with Crippen molar-refractivity contribution in [3.05, 3.63) is 52.3 Å². The first-order chi connectivity index (χ1) is 13.2. The van der Waals surface area contributed by atoms with Crippen LogP contribution in [-0.2, 0) is 0 Å². The van der Waals surface area contributed by atoms with Gasteiger partial charge in [0.05, 0.1) is 12.7 Å². The molecule has 150 valence electrons. The first kappa shape index (κ1) is 21.3. The number of rotatable bonds is 3. The summed E-state index contributed by atoms with van der Waals surface area (Å²) in [6.07, 6.45) is 4.77. The maximum absolute atomic E-state index is 12.7. The van der Waals surface area contributed by atoms with Crippen LogP contribution in [0.1, 0.15) is 10.5 Å². The van der Waals surface area contributed by atoms with Crippen LogP contribution in [0.15, 0.2) is 40.0 Å². The summed E-state index contributed by atoms with van der Waals surface area (Å²) >= 11 is 0. The van der Waals surface area contributed by atoms with Crippen molar-refractivity contribution in [2.75, 3.05) is 30.3 Å². The monoisotopic (exact) mass is 411 g/mol. The lowest BCUT2D eigenvalue weighted by Gasteiger charge is -2.22. The number of aromatic nitrogens is 2. The average Bonchev–Trinajstić information content (AvgIpc) is 2.64. The fourth-order valence-corrected chi connectivity index (χ4v) is 3.48. The van der Waals surface area contributed by atoms with Gasteiger partial charge in [0.2, 0.25) is 0 Å². The average molecular weight is 411 g/mol. The SMILES string of the molecule is C=P1(CF)CNCC(N)=N1.Nc1[nH]c(=O)cnc1C(=O)Nc1ccc(F)cc1. The number of nitrogens with one attached hydrogen (secondary N) is 3. The summed E-state index contributed by atoms with van der Waals surface area (Å²) in [5.74, 6) is -0.639. The molecule has 0 aliphatic carbocycles. The number of anilines is 2. The third-order valence-corrected chi connectivity index (χ3v) is 5.35. The van der Waals surface area contributed by atoms with Gasteiger partial charge in [-0.25, -0.2) is 18.5 Å². The molecular formula is C16H20F2N7O2P. The molecule has 2 heterocycles. The summed E-state index contributed by atoms with van der Waals surface area (Å²) in [6, 6.07) is 5.21. The van der Waals surface area contributed by atoms with Crippen molar-refractivity contribution in [1.29, 1.82) is 0 Å². The van der Waals surface area contributed by atoms with Gasteiger partial charge in [0.1, 0.15) is 23.9 Å². The molecule has 1 aromatic heterocycles. The Labute approximate surface area is 159 Å². The summed E-state index contributed by atoms with van der Waals surface area (Å²) in [4.78, 5) is 28.5. The van der Waals surface area contributed by atoms with Crippen LogP contribution in [0.25, 0.3) is 0 Å². The predicted molar refractivity (Wildman–Crippen MR) is 108 cm³/mol. The molecule has 12 heteroatoms. The van der Waals surface area contributed by atoms with Crippen molar-refractivity contribution in [2.45, 2.75) is 0 Å². The van der Waals surface area contributed by atoms with Crippen LogP contribution in [-0.4, -0.2) is 47.3 Å². The summed E-state index contributed by atoms with van der Waals surface area (Å²) in [7, 11) is -1.97. The van der Waals surface area contributed by atoms with Gasteiger partial charge < -0.3 is 27.1 Å². The number of hydrogen-bond donors (Lipinski definition) is 5. The number of benzene rings is 1. The van der Waals surface area contributed by atoms with Crippen molar-refractivity contribution in [3.63, 3.8) is 0 Å². The van der Waals surface area contributed by atoms with Crippen LogP contribution in [0.3, 0.4) is 0 Å². The number of nitrogen functional groups attached to an aromatic ring is 1. The Kier molecular flexibility index (Phi) is 7.02. The minimum atomic E-state index is -1.97. The Morgan fingerprint density at radius 1 is 1.32 bits per heavy atom. The molecule has 0 radical (unpaired) electrons. The van der Waals surface area contributed by atoms with Gasteiger partial charge in [0.25, 0.3) is 11.5 Å². The van der Waals surface area contributed by atoms with Gasteiger partial charge in [0, 0.05) is 19.0 Å². The van der Waals surface area contributed by atoms with Crippen molar-refractivity contribution >= 4 is 36.6 Å². The Hall–Kier alpha value is -3.04. The number of nitrogens with two attached hydrogens (primary N) is 2. The highest BCUT2D eigenvalue weighted by atomic mass is 31.2. The van der Waals surface area contributed by atoms with Crippen LogP contribution >= 0.6 is 7.04 Å². The van der Waals surface area contributed by atoms with E-state index < -0.39 is 30.7 Å². The highest BCUT2D eigenvalue weighted by Gasteiger charge is 2.16. The molecule has 0 bridgehead atoms. The van der Waals surface area contributed by atoms with E-state index in [1.807, 2.05) is 0 Å². The van der Waals surface area contributed by atoms with Crippen LogP contribution in [0, 0.1) is 5.82 Å². The number of amidine groups is 1. The van der Waals surface area contributed by atoms with Crippen molar-refractivity contribution in [2.24, 2.45) is 10.5 Å². The molecule has 1 unspecified atom stereocenters. The number of aromatic amines is 1. The van der Waals surface area contributed by atoms with Gasteiger partial charge in [-0.1, -0.05) is 6.30 Å². The molecule has 0 fully saturated rings. The molecule has 3 rings (SSSR count). The minimum absolute atomic E-state index is 0.0982. The summed E-state index contributed by atoms with van der Waals surface area (Å²) in [6.45, 7) is 0.567. The van der Waals surface area contributed by atoms with Crippen LogP contribution < -0.4 is 27.7 Å². The van der Waals surface area contributed by atoms with Gasteiger partial charge in [-0.3, -0.25) is 9.59 Å². The second kappa shape index (κ2) is 9.25. The number of H-pyrrole nitrogens is 1. The molecule has 1 atom stereocenters. The molecule has 0 spiro atoms. The number of halogens is 2. The number of alkyl halides is 1. The number of nitrogens with zero attached hydrogens (tertiary/aromatic N) is 2. The second-order valence-electron chi connectivity index (χ2n) is 5.86. The number of carbonyl (C=O) groups excluding carboxylic acids is 1. The molecule has 2 aromatic rings. The lowest BCUT2D eigenvalue weighted by atomic mass is 10.3. The smallest absolute Gasteiger partial charge is 0.278 e. The summed E-state index contributed by atoms with van der Waals surface area (Å²) < 4.78 is 28.9. The molecule has 0 saturated carbocycles. The van der Waals surface area contributed by atoms with E-state index in [2.05, 4.69) is 31.7 Å². The van der Waals surface area contributed by atoms with E-state index in [1.165, 1.54) is 24.3 Å². The second-order valence-corrected chi connectivity index (χ2v) is 8.81. The van der Waals surface area contributed by atoms with Crippen molar-refractivity contribution < 1.29 is 13.6 Å². The molecule has 7 N–H and O–H groups in total. The fraction of sp³-hybridized carbons (Fsp3) is 0.188. The molecule has 1 amide bonds. The van der Waals surface area contributed by atoms with Crippen LogP contribution in [0.4, 0.5) is 20.3 Å². The summed E-state index contributed by atoms with van der Waals surface area (Å²) in [5.41, 5.74) is 10.7. The van der Waals surface area contributed by atoms with Gasteiger partial charge in [-0.05, 0) is 24.3 Å². The molecule has 1 aliphatic rings. The topological polar surface area (TPSA) is 151 Å². The normalized spacial score (nSPS) is 18.4. The third-order valence-electron chi connectivity index (χ3n) is 3.42. The van der Waals surface area contributed by atoms with E-state index in [1.54, 1.807) is 0 Å². The highest BCUT2D eigenvalue weighted by molar-refractivity contribution is 7.72. The zero-order chi connectivity index (χ0) is 20.7. The lowest BCUT2D eigenvalue weighted by Crippen LogP contribution is -2.33. The Bertz CT molecular complexity index is 976. The number of carbonyl (C=O) groups is 1. The van der Waals surface area contributed by atoms with Crippen molar-refractivity contribution in [3.8, 4) is 0 Å². The Morgan fingerprint density at radius 2 is 2.00 bits per heavy atom. The van der Waals surface area contributed by atoms with E-state index in [9.17, 15) is 18.4 Å².